The highest BCUT2D eigenvalue weighted by atomic mass is 32.1. The van der Waals surface area contributed by atoms with Crippen LogP contribution < -0.4 is 5.56 Å². The molecule has 7 heteroatoms. The van der Waals surface area contributed by atoms with E-state index in [0.29, 0.717) is 22.3 Å². The lowest BCUT2D eigenvalue weighted by Crippen LogP contribution is -2.08. The molecule has 0 aliphatic carbocycles. The van der Waals surface area contributed by atoms with Crippen LogP contribution in [0.15, 0.2) is 29.2 Å². The first-order valence-electron chi connectivity index (χ1n) is 5.53. The van der Waals surface area contributed by atoms with E-state index in [0.717, 1.165) is 0 Å². The molecular weight excluding hydrogens is 267 g/mol. The molecule has 0 fully saturated rings. The van der Waals surface area contributed by atoms with Crippen molar-refractivity contribution in [1.29, 1.82) is 0 Å². The third-order valence-electron chi connectivity index (χ3n) is 2.87. The van der Waals surface area contributed by atoms with Crippen LogP contribution in [0, 0.1) is 17.5 Å². The molecule has 0 aliphatic rings. The lowest BCUT2D eigenvalue weighted by atomic mass is 10.2. The molecule has 0 bridgehead atoms. The van der Waals surface area contributed by atoms with Gasteiger partial charge in [-0.3, -0.25) is 9.78 Å². The quantitative estimate of drug-likeness (QED) is 0.670. The van der Waals surface area contributed by atoms with Crippen LogP contribution in [0.4, 0.5) is 4.39 Å². The van der Waals surface area contributed by atoms with Crippen molar-refractivity contribution in [3.63, 3.8) is 0 Å². The molecule has 3 aromatic rings. The predicted molar refractivity (Wildman–Crippen MR) is 71.6 cm³/mol. The molecule has 0 amide bonds. The van der Waals surface area contributed by atoms with Gasteiger partial charge < -0.3 is 4.98 Å². The highest BCUT2D eigenvalue weighted by Crippen LogP contribution is 2.16. The smallest absolute Gasteiger partial charge is 0.262 e. The SMILES string of the molecule is Cc1ccc(-n2ncc3c(=O)[nH]c(=S)[nH]c32)cc1F. The normalized spacial score (nSPS) is 11.1. The second kappa shape index (κ2) is 4.13. The Morgan fingerprint density at radius 2 is 2.16 bits per heavy atom. The van der Waals surface area contributed by atoms with E-state index < -0.39 is 0 Å². The second-order valence-electron chi connectivity index (χ2n) is 4.16. The molecule has 2 heterocycles. The van der Waals surface area contributed by atoms with Crippen molar-refractivity contribution in [1.82, 2.24) is 19.7 Å². The molecule has 0 spiro atoms. The summed E-state index contributed by atoms with van der Waals surface area (Å²) in [5.41, 5.74) is 1.19. The van der Waals surface area contributed by atoms with Crippen LogP contribution in [0.25, 0.3) is 16.7 Å². The van der Waals surface area contributed by atoms with Gasteiger partial charge in [0.25, 0.3) is 5.56 Å². The van der Waals surface area contributed by atoms with E-state index in [9.17, 15) is 9.18 Å². The fourth-order valence-corrected chi connectivity index (χ4v) is 2.04. The molecule has 1 aromatic carbocycles. The maximum absolute atomic E-state index is 13.6. The number of H-pyrrole nitrogens is 2. The number of rotatable bonds is 1. The first-order valence-corrected chi connectivity index (χ1v) is 5.94. The fraction of sp³-hybridized carbons (Fsp3) is 0.0833. The third-order valence-corrected chi connectivity index (χ3v) is 3.08. The minimum atomic E-state index is -0.329. The molecule has 0 saturated carbocycles. The molecule has 96 valence electrons. The largest absolute Gasteiger partial charge is 0.316 e. The number of nitrogens with zero attached hydrogens (tertiary/aromatic N) is 2. The Balaban J connectivity index is 2.34. The van der Waals surface area contributed by atoms with Gasteiger partial charge in [0.05, 0.1) is 11.9 Å². The summed E-state index contributed by atoms with van der Waals surface area (Å²) >= 11 is 4.92. The summed E-state index contributed by atoms with van der Waals surface area (Å²) in [5.74, 6) is -0.329. The molecule has 2 N–H and O–H groups in total. The molecule has 5 nitrogen and oxygen atoms in total. The maximum Gasteiger partial charge on any atom is 0.262 e. The molecule has 3 rings (SSSR count). The highest BCUT2D eigenvalue weighted by molar-refractivity contribution is 7.71. The zero-order valence-electron chi connectivity index (χ0n) is 9.90. The molecule has 19 heavy (non-hydrogen) atoms. The molecule has 2 aromatic heterocycles. The van der Waals surface area contributed by atoms with Gasteiger partial charge in [-0.2, -0.15) is 5.10 Å². The summed E-state index contributed by atoms with van der Waals surface area (Å²) < 4.78 is 15.2. The zero-order chi connectivity index (χ0) is 13.6. The van der Waals surface area contributed by atoms with Crippen LogP contribution in [0.3, 0.4) is 0 Å². The van der Waals surface area contributed by atoms with Crippen LogP contribution in [0.1, 0.15) is 5.56 Å². The molecule has 0 unspecified atom stereocenters. The average Bonchev–Trinajstić information content (AvgIpc) is 2.76. The number of halogens is 1. The Morgan fingerprint density at radius 3 is 2.89 bits per heavy atom. The Morgan fingerprint density at radius 1 is 1.37 bits per heavy atom. The number of aryl methyl sites for hydroxylation is 1. The van der Waals surface area contributed by atoms with Crippen molar-refractivity contribution in [2.75, 3.05) is 0 Å². The first kappa shape index (κ1) is 11.8. The van der Waals surface area contributed by atoms with Gasteiger partial charge in [-0.15, -0.1) is 0 Å². The van der Waals surface area contributed by atoms with E-state index >= 15 is 0 Å². The summed E-state index contributed by atoms with van der Waals surface area (Å²) in [6.07, 6.45) is 1.41. The van der Waals surface area contributed by atoms with Crippen LogP contribution >= 0.6 is 12.2 Å². The van der Waals surface area contributed by atoms with Crippen molar-refractivity contribution < 1.29 is 4.39 Å². The summed E-state index contributed by atoms with van der Waals surface area (Å²) in [6.45, 7) is 1.68. The van der Waals surface area contributed by atoms with E-state index in [-0.39, 0.29) is 16.1 Å². The summed E-state index contributed by atoms with van der Waals surface area (Å²) in [5, 5.41) is 4.46. The standard InChI is InChI=1S/C12H9FN4OS/c1-6-2-3-7(4-9(6)13)17-10-8(5-14-17)11(18)16-12(19)15-10/h2-5H,1H3,(H2,15,16,18,19). The zero-order valence-corrected chi connectivity index (χ0v) is 10.7. The van der Waals surface area contributed by atoms with Gasteiger partial charge in [0.15, 0.2) is 4.77 Å². The number of benzene rings is 1. The van der Waals surface area contributed by atoms with Crippen molar-refractivity contribution in [3.8, 4) is 5.69 Å². The van der Waals surface area contributed by atoms with Gasteiger partial charge in [0.2, 0.25) is 0 Å². The van der Waals surface area contributed by atoms with E-state index in [1.54, 1.807) is 19.1 Å². The number of aromatic amines is 2. The Kier molecular flexibility index (Phi) is 2.56. The average molecular weight is 276 g/mol. The molecule has 0 radical (unpaired) electrons. The van der Waals surface area contributed by atoms with Crippen LogP contribution in [0.2, 0.25) is 0 Å². The van der Waals surface area contributed by atoms with Gasteiger partial charge >= 0.3 is 0 Å². The van der Waals surface area contributed by atoms with Crippen LogP contribution in [0.5, 0.6) is 0 Å². The van der Waals surface area contributed by atoms with Gasteiger partial charge in [-0.25, -0.2) is 9.07 Å². The van der Waals surface area contributed by atoms with Crippen molar-refractivity contribution in [2.24, 2.45) is 0 Å². The van der Waals surface area contributed by atoms with Gasteiger partial charge in [0.1, 0.15) is 16.9 Å². The van der Waals surface area contributed by atoms with E-state index in [4.69, 9.17) is 12.2 Å². The van der Waals surface area contributed by atoms with E-state index in [1.807, 2.05) is 0 Å². The van der Waals surface area contributed by atoms with Gasteiger partial charge in [0, 0.05) is 0 Å². The number of aromatic nitrogens is 4. The Hall–Kier alpha value is -2.28. The van der Waals surface area contributed by atoms with Crippen molar-refractivity contribution >= 4 is 23.3 Å². The predicted octanol–water partition coefficient (Wildman–Crippen LogP) is 2.22. The second-order valence-corrected chi connectivity index (χ2v) is 4.57. The fourth-order valence-electron chi connectivity index (χ4n) is 1.85. The minimum Gasteiger partial charge on any atom is -0.316 e. The topological polar surface area (TPSA) is 66.5 Å². The van der Waals surface area contributed by atoms with E-state index in [2.05, 4.69) is 15.1 Å². The number of fused-ring (bicyclic) bond motifs is 1. The lowest BCUT2D eigenvalue weighted by Gasteiger charge is -2.04. The summed E-state index contributed by atoms with van der Waals surface area (Å²) in [4.78, 5) is 17.0. The van der Waals surface area contributed by atoms with E-state index in [1.165, 1.54) is 16.9 Å². The molecule has 0 aliphatic heterocycles. The molecule has 0 saturated heterocycles. The number of hydrogen-bond acceptors (Lipinski definition) is 3. The van der Waals surface area contributed by atoms with Crippen molar-refractivity contribution in [3.05, 3.63) is 50.9 Å². The van der Waals surface area contributed by atoms with Crippen molar-refractivity contribution in [2.45, 2.75) is 6.92 Å². The number of hydrogen-bond donors (Lipinski definition) is 2. The Bertz CT molecular complexity index is 893. The maximum atomic E-state index is 13.6. The summed E-state index contributed by atoms with van der Waals surface area (Å²) in [6, 6.07) is 4.74. The number of nitrogens with one attached hydrogen (secondary N) is 2. The molecular formula is C12H9FN4OS. The summed E-state index contributed by atoms with van der Waals surface area (Å²) in [7, 11) is 0. The minimum absolute atomic E-state index is 0.201. The molecule has 0 atom stereocenters. The van der Waals surface area contributed by atoms with Gasteiger partial charge in [-0.05, 0) is 36.8 Å². The highest BCUT2D eigenvalue weighted by Gasteiger charge is 2.09. The van der Waals surface area contributed by atoms with Crippen LogP contribution in [-0.2, 0) is 0 Å². The monoisotopic (exact) mass is 276 g/mol. The first-order chi connectivity index (χ1) is 9.06. The lowest BCUT2D eigenvalue weighted by molar-refractivity contribution is 0.616. The van der Waals surface area contributed by atoms with Crippen LogP contribution in [-0.4, -0.2) is 19.7 Å². The Labute approximate surface area is 111 Å². The van der Waals surface area contributed by atoms with Gasteiger partial charge in [-0.1, -0.05) is 6.07 Å². The third kappa shape index (κ3) is 1.88.